The van der Waals surface area contributed by atoms with Gasteiger partial charge in [-0.25, -0.2) is 0 Å². The number of carboxylic acids is 1. The Bertz CT molecular complexity index is 283. The largest absolute Gasteiger partial charge is 0.480 e. The fourth-order valence-corrected chi connectivity index (χ4v) is 2.56. The molecule has 0 aliphatic heterocycles. The maximum Gasteiger partial charge on any atom is 0.325 e. The highest BCUT2D eigenvalue weighted by molar-refractivity contribution is 5.80. The van der Waals surface area contributed by atoms with E-state index in [0.717, 1.165) is 38.8 Å². The maximum absolute atomic E-state index is 11.7. The first-order valence-electron chi connectivity index (χ1n) is 6.85. The Kier molecular flexibility index (Phi) is 3.73. The summed E-state index contributed by atoms with van der Waals surface area (Å²) in [4.78, 5) is 14.0. The summed E-state index contributed by atoms with van der Waals surface area (Å²) in [5.74, 6) is -0.319. The second-order valence-electron chi connectivity index (χ2n) is 5.43. The van der Waals surface area contributed by atoms with Crippen LogP contribution < -0.4 is 5.32 Å². The molecule has 1 atom stereocenters. The number of hydrogen-bond donors (Lipinski definition) is 2. The zero-order chi connectivity index (χ0) is 12.5. The lowest BCUT2D eigenvalue weighted by Gasteiger charge is -2.35. The highest BCUT2D eigenvalue weighted by Crippen LogP contribution is 2.42. The van der Waals surface area contributed by atoms with Crippen LogP contribution in [0.1, 0.15) is 39.5 Å². The lowest BCUT2D eigenvalue weighted by Crippen LogP contribution is -2.61. The topological polar surface area (TPSA) is 52.6 Å². The first kappa shape index (κ1) is 12.8. The normalized spacial score (nSPS) is 23.7. The molecule has 0 aromatic rings. The lowest BCUT2D eigenvalue weighted by molar-refractivity contribution is -0.147. The van der Waals surface area contributed by atoms with E-state index in [9.17, 15) is 9.90 Å². The quantitative estimate of drug-likeness (QED) is 0.672. The van der Waals surface area contributed by atoms with Crippen LogP contribution in [0, 0.1) is 5.92 Å². The Labute approximate surface area is 103 Å². The van der Waals surface area contributed by atoms with Gasteiger partial charge in [0.15, 0.2) is 0 Å². The van der Waals surface area contributed by atoms with E-state index in [4.69, 9.17) is 0 Å². The van der Waals surface area contributed by atoms with Crippen molar-refractivity contribution in [1.82, 2.24) is 10.2 Å². The van der Waals surface area contributed by atoms with E-state index in [1.807, 2.05) is 0 Å². The molecule has 0 radical (unpaired) electrons. The van der Waals surface area contributed by atoms with Crippen LogP contribution in [0.2, 0.25) is 0 Å². The van der Waals surface area contributed by atoms with Gasteiger partial charge < -0.3 is 10.0 Å². The molecule has 2 saturated carbocycles. The SMILES string of the molecule is CCN(CC)CC(NC1CC1)(C(=O)O)C1CC1. The molecule has 0 amide bonds. The molecule has 2 rings (SSSR count). The van der Waals surface area contributed by atoms with Crippen molar-refractivity contribution in [1.29, 1.82) is 0 Å². The lowest BCUT2D eigenvalue weighted by atomic mass is 9.92. The molecule has 1 unspecified atom stereocenters. The number of rotatable bonds is 8. The Hall–Kier alpha value is -0.610. The monoisotopic (exact) mass is 240 g/mol. The summed E-state index contributed by atoms with van der Waals surface area (Å²) in [6, 6.07) is 0.447. The second-order valence-corrected chi connectivity index (χ2v) is 5.43. The summed E-state index contributed by atoms with van der Waals surface area (Å²) in [5.41, 5.74) is -0.687. The zero-order valence-corrected chi connectivity index (χ0v) is 10.9. The number of nitrogens with zero attached hydrogens (tertiary/aromatic N) is 1. The van der Waals surface area contributed by atoms with Gasteiger partial charge in [0.05, 0.1) is 0 Å². The molecule has 0 aromatic carbocycles. The van der Waals surface area contributed by atoms with Crippen LogP contribution in [-0.4, -0.2) is 47.2 Å². The number of nitrogens with one attached hydrogen (secondary N) is 1. The van der Waals surface area contributed by atoms with Crippen molar-refractivity contribution in [3.05, 3.63) is 0 Å². The molecule has 0 spiro atoms. The average molecular weight is 240 g/mol. The first-order chi connectivity index (χ1) is 8.12. The predicted octanol–water partition coefficient (Wildman–Crippen LogP) is 1.31. The van der Waals surface area contributed by atoms with Crippen LogP contribution in [0.3, 0.4) is 0 Å². The molecule has 2 N–H and O–H groups in total. The van der Waals surface area contributed by atoms with Gasteiger partial charge in [0.1, 0.15) is 5.54 Å². The van der Waals surface area contributed by atoms with Crippen LogP contribution >= 0.6 is 0 Å². The minimum Gasteiger partial charge on any atom is -0.480 e. The average Bonchev–Trinajstić information content (AvgIpc) is 3.16. The van der Waals surface area contributed by atoms with Crippen LogP contribution in [0.25, 0.3) is 0 Å². The fourth-order valence-electron chi connectivity index (χ4n) is 2.56. The van der Waals surface area contributed by atoms with E-state index in [1.54, 1.807) is 0 Å². The van der Waals surface area contributed by atoms with E-state index in [-0.39, 0.29) is 0 Å². The third-order valence-electron chi connectivity index (χ3n) is 4.06. The molecule has 0 saturated heterocycles. The van der Waals surface area contributed by atoms with E-state index in [2.05, 4.69) is 24.1 Å². The van der Waals surface area contributed by atoms with Crippen LogP contribution in [0.15, 0.2) is 0 Å². The molecule has 98 valence electrons. The second kappa shape index (κ2) is 4.94. The molecule has 2 fully saturated rings. The van der Waals surface area contributed by atoms with E-state index in [0.29, 0.717) is 18.5 Å². The fraction of sp³-hybridized carbons (Fsp3) is 0.923. The number of aliphatic carboxylic acids is 1. The third-order valence-corrected chi connectivity index (χ3v) is 4.06. The van der Waals surface area contributed by atoms with Gasteiger partial charge in [0.2, 0.25) is 0 Å². The third kappa shape index (κ3) is 2.80. The van der Waals surface area contributed by atoms with Gasteiger partial charge >= 0.3 is 5.97 Å². The Balaban J connectivity index is 2.10. The molecule has 4 heteroatoms. The Morgan fingerprint density at radius 1 is 1.29 bits per heavy atom. The summed E-state index contributed by atoms with van der Waals surface area (Å²) >= 11 is 0. The van der Waals surface area contributed by atoms with Crippen molar-refractivity contribution in [2.75, 3.05) is 19.6 Å². The number of carboxylic acid groups (broad SMARTS) is 1. The molecule has 0 aromatic heterocycles. The molecule has 4 nitrogen and oxygen atoms in total. The van der Waals surface area contributed by atoms with Gasteiger partial charge in [-0.15, -0.1) is 0 Å². The number of hydrogen-bond acceptors (Lipinski definition) is 3. The molecular weight excluding hydrogens is 216 g/mol. The summed E-state index contributed by atoms with van der Waals surface area (Å²) in [7, 11) is 0. The molecule has 0 bridgehead atoms. The zero-order valence-electron chi connectivity index (χ0n) is 10.9. The van der Waals surface area contributed by atoms with E-state index in [1.165, 1.54) is 0 Å². The van der Waals surface area contributed by atoms with E-state index >= 15 is 0 Å². The summed E-state index contributed by atoms with van der Waals surface area (Å²) < 4.78 is 0. The standard InChI is InChI=1S/C13H24N2O2/c1-3-15(4-2)9-13(12(16)17,10-5-6-10)14-11-7-8-11/h10-11,14H,3-9H2,1-2H3,(H,16,17). The van der Waals surface area contributed by atoms with Crippen molar-refractivity contribution in [2.24, 2.45) is 5.92 Å². The van der Waals surface area contributed by atoms with Crippen LogP contribution in [-0.2, 0) is 4.79 Å². The summed E-state index contributed by atoms with van der Waals surface area (Å²) in [6.45, 7) is 6.69. The first-order valence-corrected chi connectivity index (χ1v) is 6.85. The summed E-state index contributed by atoms with van der Waals surface area (Å²) in [6.07, 6.45) is 4.40. The Morgan fingerprint density at radius 2 is 1.88 bits per heavy atom. The smallest absolute Gasteiger partial charge is 0.325 e. The number of carbonyl (C=O) groups is 1. The molecule has 0 heterocycles. The minimum absolute atomic E-state index is 0.334. The van der Waals surface area contributed by atoms with Gasteiger partial charge in [-0.05, 0) is 44.7 Å². The minimum atomic E-state index is -0.687. The highest BCUT2D eigenvalue weighted by atomic mass is 16.4. The van der Waals surface area contributed by atoms with Crippen LogP contribution in [0.4, 0.5) is 0 Å². The van der Waals surface area contributed by atoms with Crippen molar-refractivity contribution in [3.63, 3.8) is 0 Å². The van der Waals surface area contributed by atoms with Gasteiger partial charge in [0, 0.05) is 12.6 Å². The molecule has 2 aliphatic rings. The van der Waals surface area contributed by atoms with E-state index < -0.39 is 11.5 Å². The van der Waals surface area contributed by atoms with Crippen molar-refractivity contribution in [3.8, 4) is 0 Å². The maximum atomic E-state index is 11.7. The van der Waals surface area contributed by atoms with Crippen molar-refractivity contribution < 1.29 is 9.90 Å². The molecule has 17 heavy (non-hydrogen) atoms. The predicted molar refractivity (Wildman–Crippen MR) is 67.0 cm³/mol. The summed E-state index contributed by atoms with van der Waals surface area (Å²) in [5, 5.41) is 13.1. The molecular formula is C13H24N2O2. The van der Waals surface area contributed by atoms with Crippen molar-refractivity contribution in [2.45, 2.75) is 51.1 Å². The van der Waals surface area contributed by atoms with Crippen molar-refractivity contribution >= 4 is 5.97 Å². The van der Waals surface area contributed by atoms with Gasteiger partial charge in [-0.2, -0.15) is 0 Å². The number of likely N-dealkylation sites (N-methyl/N-ethyl adjacent to an activating group) is 1. The molecule has 2 aliphatic carbocycles. The van der Waals surface area contributed by atoms with Gasteiger partial charge in [-0.3, -0.25) is 10.1 Å². The van der Waals surface area contributed by atoms with Gasteiger partial charge in [-0.1, -0.05) is 13.8 Å². The van der Waals surface area contributed by atoms with Crippen LogP contribution in [0.5, 0.6) is 0 Å². The van der Waals surface area contributed by atoms with Gasteiger partial charge in [0.25, 0.3) is 0 Å². The Morgan fingerprint density at radius 3 is 2.24 bits per heavy atom. The highest BCUT2D eigenvalue weighted by Gasteiger charge is 2.53.